The van der Waals surface area contributed by atoms with Gasteiger partial charge in [0.1, 0.15) is 0 Å². The quantitative estimate of drug-likeness (QED) is 0.236. The van der Waals surface area contributed by atoms with Gasteiger partial charge in [-0.15, -0.1) is 24.0 Å². The van der Waals surface area contributed by atoms with Crippen LogP contribution in [0.3, 0.4) is 0 Å². The largest absolute Gasteiger partial charge is 0.357 e. The van der Waals surface area contributed by atoms with Crippen molar-refractivity contribution < 1.29 is 4.79 Å². The number of benzene rings is 2. The SMILES string of the molecule is CCNC(=NCC(c1ccccc1)c1ccccc1)NCCNC(C)=O.I. The standard InChI is InChI=1S/C21H28N4O.HI/c1-3-22-21(24-15-14-23-17(2)26)25-16-20(18-10-6-4-7-11-18)19-12-8-5-9-13-19;/h4-13,20H,3,14-16H2,1-2H3,(H,23,26)(H2,22,24,25);1H. The van der Waals surface area contributed by atoms with Gasteiger partial charge < -0.3 is 16.0 Å². The van der Waals surface area contributed by atoms with Crippen molar-refractivity contribution in [3.05, 3.63) is 71.8 Å². The van der Waals surface area contributed by atoms with E-state index in [9.17, 15) is 4.79 Å². The Bertz CT molecular complexity index is 652. The van der Waals surface area contributed by atoms with Crippen LogP contribution in [0.5, 0.6) is 0 Å². The summed E-state index contributed by atoms with van der Waals surface area (Å²) in [6, 6.07) is 20.9. The average molecular weight is 480 g/mol. The number of carbonyl (C=O) groups is 1. The van der Waals surface area contributed by atoms with Crippen molar-refractivity contribution >= 4 is 35.8 Å². The lowest BCUT2D eigenvalue weighted by molar-refractivity contribution is -0.118. The molecule has 1 amide bonds. The molecule has 2 aromatic rings. The minimum Gasteiger partial charge on any atom is -0.357 e. The van der Waals surface area contributed by atoms with Gasteiger partial charge in [0.2, 0.25) is 5.91 Å². The first kappa shape index (κ1) is 23.0. The molecule has 27 heavy (non-hydrogen) atoms. The van der Waals surface area contributed by atoms with Crippen LogP contribution in [0.25, 0.3) is 0 Å². The summed E-state index contributed by atoms with van der Waals surface area (Å²) in [7, 11) is 0. The summed E-state index contributed by atoms with van der Waals surface area (Å²) in [6.07, 6.45) is 0. The van der Waals surface area contributed by atoms with Crippen molar-refractivity contribution in [1.29, 1.82) is 0 Å². The van der Waals surface area contributed by atoms with Crippen molar-refractivity contribution in [2.24, 2.45) is 4.99 Å². The lowest BCUT2D eigenvalue weighted by atomic mass is 9.91. The van der Waals surface area contributed by atoms with Crippen LogP contribution >= 0.6 is 24.0 Å². The second kappa shape index (κ2) is 13.1. The first-order valence-corrected chi connectivity index (χ1v) is 9.07. The van der Waals surface area contributed by atoms with Gasteiger partial charge in [-0.3, -0.25) is 9.79 Å². The number of rotatable bonds is 8. The third-order valence-electron chi connectivity index (χ3n) is 3.97. The number of hydrogen-bond acceptors (Lipinski definition) is 2. The predicted molar refractivity (Wildman–Crippen MR) is 123 cm³/mol. The van der Waals surface area contributed by atoms with Crippen LogP contribution in [0, 0.1) is 0 Å². The molecular formula is C21H29IN4O. The monoisotopic (exact) mass is 480 g/mol. The molecule has 6 heteroatoms. The van der Waals surface area contributed by atoms with E-state index in [0.717, 1.165) is 12.5 Å². The average Bonchev–Trinajstić information content (AvgIpc) is 2.67. The molecule has 0 fully saturated rings. The molecule has 5 nitrogen and oxygen atoms in total. The van der Waals surface area contributed by atoms with Gasteiger partial charge in [-0.25, -0.2) is 0 Å². The number of nitrogens with one attached hydrogen (secondary N) is 3. The van der Waals surface area contributed by atoms with Gasteiger partial charge in [0.25, 0.3) is 0 Å². The van der Waals surface area contributed by atoms with Crippen LogP contribution in [-0.4, -0.2) is 38.0 Å². The Morgan fingerprint density at radius 3 is 1.89 bits per heavy atom. The van der Waals surface area contributed by atoms with Crippen LogP contribution in [0.2, 0.25) is 0 Å². The predicted octanol–water partition coefficient (Wildman–Crippen LogP) is 3.13. The number of aliphatic imine (C=N–C) groups is 1. The van der Waals surface area contributed by atoms with E-state index in [-0.39, 0.29) is 35.8 Å². The molecule has 146 valence electrons. The van der Waals surface area contributed by atoms with Crippen LogP contribution < -0.4 is 16.0 Å². The fourth-order valence-corrected chi connectivity index (χ4v) is 2.72. The molecular weight excluding hydrogens is 451 g/mol. The highest BCUT2D eigenvalue weighted by Crippen LogP contribution is 2.24. The van der Waals surface area contributed by atoms with E-state index in [4.69, 9.17) is 4.99 Å². The molecule has 3 N–H and O–H groups in total. The zero-order valence-electron chi connectivity index (χ0n) is 15.9. The van der Waals surface area contributed by atoms with Crippen molar-refractivity contribution in [2.45, 2.75) is 19.8 Å². The zero-order valence-corrected chi connectivity index (χ0v) is 18.3. The highest BCUT2D eigenvalue weighted by atomic mass is 127. The van der Waals surface area contributed by atoms with Crippen LogP contribution in [-0.2, 0) is 4.79 Å². The fraction of sp³-hybridized carbons (Fsp3) is 0.333. The minimum atomic E-state index is -0.0260. The molecule has 2 aromatic carbocycles. The van der Waals surface area contributed by atoms with E-state index in [1.54, 1.807) is 0 Å². The van der Waals surface area contributed by atoms with E-state index in [2.05, 4.69) is 64.5 Å². The smallest absolute Gasteiger partial charge is 0.216 e. The van der Waals surface area contributed by atoms with Crippen molar-refractivity contribution in [3.63, 3.8) is 0 Å². The second-order valence-electron chi connectivity index (χ2n) is 6.00. The Morgan fingerprint density at radius 1 is 0.889 bits per heavy atom. The maximum Gasteiger partial charge on any atom is 0.216 e. The van der Waals surface area contributed by atoms with E-state index in [1.165, 1.54) is 18.1 Å². The Balaban J connectivity index is 0.00000364. The molecule has 0 heterocycles. The Labute approximate surface area is 179 Å². The molecule has 0 aliphatic heterocycles. The van der Waals surface area contributed by atoms with Gasteiger partial charge in [0, 0.05) is 32.5 Å². The van der Waals surface area contributed by atoms with Gasteiger partial charge in [0.05, 0.1) is 6.54 Å². The number of amides is 1. The Hall–Kier alpha value is -2.09. The first-order chi connectivity index (χ1) is 12.7. The molecule has 0 aliphatic rings. The third kappa shape index (κ3) is 8.43. The minimum absolute atomic E-state index is 0. The number of halogens is 1. The van der Waals surface area contributed by atoms with Gasteiger partial charge in [-0.1, -0.05) is 60.7 Å². The van der Waals surface area contributed by atoms with Gasteiger partial charge in [-0.05, 0) is 18.1 Å². The topological polar surface area (TPSA) is 65.5 Å². The van der Waals surface area contributed by atoms with Crippen LogP contribution in [0.1, 0.15) is 30.9 Å². The molecule has 0 spiro atoms. The molecule has 0 radical (unpaired) electrons. The molecule has 2 rings (SSSR count). The molecule has 0 saturated heterocycles. The summed E-state index contributed by atoms with van der Waals surface area (Å²) in [6.45, 7) is 6.19. The molecule has 0 saturated carbocycles. The number of guanidine groups is 1. The molecule has 0 aliphatic carbocycles. The fourth-order valence-electron chi connectivity index (χ4n) is 2.72. The van der Waals surface area contributed by atoms with Crippen LogP contribution in [0.15, 0.2) is 65.7 Å². The zero-order chi connectivity index (χ0) is 18.6. The summed E-state index contributed by atoms with van der Waals surface area (Å²) in [5, 5.41) is 9.29. The first-order valence-electron chi connectivity index (χ1n) is 9.07. The summed E-state index contributed by atoms with van der Waals surface area (Å²) < 4.78 is 0. The maximum atomic E-state index is 11.0. The van der Waals surface area contributed by atoms with Gasteiger partial charge in [0.15, 0.2) is 5.96 Å². The van der Waals surface area contributed by atoms with E-state index in [1.807, 2.05) is 19.1 Å². The molecule has 0 aromatic heterocycles. The van der Waals surface area contributed by atoms with E-state index < -0.39 is 0 Å². The van der Waals surface area contributed by atoms with E-state index in [0.29, 0.717) is 19.6 Å². The van der Waals surface area contributed by atoms with Crippen molar-refractivity contribution in [3.8, 4) is 0 Å². The highest BCUT2D eigenvalue weighted by Gasteiger charge is 2.13. The van der Waals surface area contributed by atoms with E-state index >= 15 is 0 Å². The van der Waals surface area contributed by atoms with Gasteiger partial charge in [-0.2, -0.15) is 0 Å². The summed E-state index contributed by atoms with van der Waals surface area (Å²) in [5.74, 6) is 0.930. The number of nitrogens with zero attached hydrogens (tertiary/aromatic N) is 1. The number of hydrogen-bond donors (Lipinski definition) is 3. The van der Waals surface area contributed by atoms with Gasteiger partial charge >= 0.3 is 0 Å². The summed E-state index contributed by atoms with van der Waals surface area (Å²) in [5.41, 5.74) is 2.49. The third-order valence-corrected chi connectivity index (χ3v) is 3.97. The number of carbonyl (C=O) groups excluding carboxylic acids is 1. The second-order valence-corrected chi connectivity index (χ2v) is 6.00. The summed E-state index contributed by atoms with van der Waals surface area (Å²) in [4.78, 5) is 15.7. The van der Waals surface area contributed by atoms with Crippen molar-refractivity contribution in [1.82, 2.24) is 16.0 Å². The molecule has 0 unspecified atom stereocenters. The highest BCUT2D eigenvalue weighted by molar-refractivity contribution is 14.0. The van der Waals surface area contributed by atoms with Crippen molar-refractivity contribution in [2.75, 3.05) is 26.2 Å². The molecule has 0 bridgehead atoms. The Morgan fingerprint density at radius 2 is 1.41 bits per heavy atom. The maximum absolute atomic E-state index is 11.0. The molecule has 0 atom stereocenters. The van der Waals surface area contributed by atoms with Crippen LogP contribution in [0.4, 0.5) is 0 Å². The Kier molecular flexibility index (Phi) is 11.2. The lowest BCUT2D eigenvalue weighted by Gasteiger charge is -2.18. The summed E-state index contributed by atoms with van der Waals surface area (Å²) >= 11 is 0. The lowest BCUT2D eigenvalue weighted by Crippen LogP contribution is -2.41. The normalized spacial score (nSPS) is 10.9.